The first-order valence-corrected chi connectivity index (χ1v) is 20.7. The number of hydrogen-bond donors (Lipinski definition) is 4. The number of aliphatic hydroxyl groups excluding tert-OH is 1. The van der Waals surface area contributed by atoms with E-state index in [0.29, 0.717) is 29.7 Å². The van der Waals surface area contributed by atoms with Crippen molar-refractivity contribution in [1.29, 1.82) is 0 Å². The second-order valence-electron chi connectivity index (χ2n) is 16.1. The van der Waals surface area contributed by atoms with E-state index in [0.717, 1.165) is 47.6 Å². The van der Waals surface area contributed by atoms with Gasteiger partial charge in [0.1, 0.15) is 6.04 Å². The van der Waals surface area contributed by atoms with E-state index in [1.807, 2.05) is 75.4 Å². The minimum Gasteiger partial charge on any atom is -0.390 e. The number of benzene rings is 2. The van der Waals surface area contributed by atoms with E-state index in [-0.39, 0.29) is 18.9 Å². The first-order valence-electron chi connectivity index (χ1n) is 18.0. The predicted molar refractivity (Wildman–Crippen MR) is 203 cm³/mol. The van der Waals surface area contributed by atoms with Crippen LogP contribution in [0.4, 0.5) is 0 Å². The highest BCUT2D eigenvalue weighted by atomic mass is 32.2. The Hall–Kier alpha value is -3.32. The maximum absolute atomic E-state index is 14.3. The van der Waals surface area contributed by atoms with Crippen LogP contribution in [0, 0.1) is 11.8 Å². The van der Waals surface area contributed by atoms with Gasteiger partial charge in [-0.15, -0.1) is 11.3 Å². The summed E-state index contributed by atoms with van der Waals surface area (Å²) in [6.45, 7) is 9.52. The van der Waals surface area contributed by atoms with Crippen molar-refractivity contribution in [3.05, 3.63) is 71.1 Å². The lowest BCUT2D eigenvalue weighted by Gasteiger charge is -2.47. The number of β-amino-alcohol motifs (C(OH)–C–C–N with tert-alkyl or cyclic N) is 1. The molecule has 0 bridgehead atoms. The monoisotopic (exact) mass is 738 g/mol. The first kappa shape index (κ1) is 38.9. The van der Waals surface area contributed by atoms with E-state index in [1.54, 1.807) is 6.07 Å². The Morgan fingerprint density at radius 3 is 2.24 bits per heavy atom. The maximum atomic E-state index is 14.3. The van der Waals surface area contributed by atoms with Crippen LogP contribution in [0.5, 0.6) is 0 Å². The van der Waals surface area contributed by atoms with Crippen molar-refractivity contribution in [2.24, 2.45) is 11.8 Å². The first-order chi connectivity index (χ1) is 23.9. The van der Waals surface area contributed by atoms with Gasteiger partial charge in [-0.25, -0.2) is 8.42 Å². The summed E-state index contributed by atoms with van der Waals surface area (Å²) in [7, 11) is -3.87. The Labute approximate surface area is 306 Å². The Kier molecular flexibility index (Phi) is 12.0. The van der Waals surface area contributed by atoms with Gasteiger partial charge in [-0.2, -0.15) is 0 Å². The summed E-state index contributed by atoms with van der Waals surface area (Å²) in [5.41, 5.74) is 0.444. The lowest BCUT2D eigenvalue weighted by atomic mass is 9.72. The zero-order valence-corrected chi connectivity index (χ0v) is 32.3. The van der Waals surface area contributed by atoms with Gasteiger partial charge < -0.3 is 21.1 Å². The van der Waals surface area contributed by atoms with Gasteiger partial charge in [0, 0.05) is 29.6 Å². The van der Waals surface area contributed by atoms with Gasteiger partial charge in [-0.1, -0.05) is 67.8 Å². The van der Waals surface area contributed by atoms with Gasteiger partial charge in [0.15, 0.2) is 9.84 Å². The number of piperidine rings is 1. The summed E-state index contributed by atoms with van der Waals surface area (Å²) in [6, 6.07) is 15.9. The van der Waals surface area contributed by atoms with Gasteiger partial charge in [-0.05, 0) is 88.8 Å². The summed E-state index contributed by atoms with van der Waals surface area (Å²) >= 11 is 1.26. The molecule has 3 aromatic rings. The number of hydrogen-bond acceptors (Lipinski definition) is 8. The van der Waals surface area contributed by atoms with Crippen molar-refractivity contribution in [2.75, 3.05) is 19.3 Å². The van der Waals surface area contributed by atoms with Crippen molar-refractivity contribution in [1.82, 2.24) is 20.9 Å². The van der Waals surface area contributed by atoms with E-state index < -0.39 is 56.2 Å². The van der Waals surface area contributed by atoms with Gasteiger partial charge in [-0.3, -0.25) is 19.3 Å². The molecular weight excluding hydrogens is 685 g/mol. The van der Waals surface area contributed by atoms with Crippen LogP contribution < -0.4 is 16.0 Å². The molecule has 2 heterocycles. The molecule has 1 saturated carbocycles. The topological polar surface area (TPSA) is 145 Å². The van der Waals surface area contributed by atoms with Crippen LogP contribution in [0.3, 0.4) is 0 Å². The summed E-state index contributed by atoms with van der Waals surface area (Å²) in [5, 5.41) is 21.7. The molecule has 51 heavy (non-hydrogen) atoms. The van der Waals surface area contributed by atoms with Gasteiger partial charge in [0.05, 0.1) is 27.8 Å². The number of carbonyl (C=O) groups is 3. The summed E-state index contributed by atoms with van der Waals surface area (Å²) in [4.78, 5) is 44.0. The SMILES string of the molecule is CC(C)(C)NC(=O)C1C[C@@H]2CCCC[C@@H]2CN1CC(O)C(Cc1ccccc1)NC(=O)[C@@H](NC(=O)c1cc2ccccc2s1)C(C)(C)S(C)(=O)=O. The molecule has 0 radical (unpaired) electrons. The quantitative estimate of drug-likeness (QED) is 0.211. The van der Waals surface area contributed by atoms with Gasteiger partial charge in [0.25, 0.3) is 5.91 Å². The molecule has 1 saturated heterocycles. The van der Waals surface area contributed by atoms with Crippen molar-refractivity contribution in [3.8, 4) is 0 Å². The van der Waals surface area contributed by atoms with Crippen molar-refractivity contribution >= 4 is 49.0 Å². The fourth-order valence-corrected chi connectivity index (χ4v) is 9.04. The van der Waals surface area contributed by atoms with Crippen LogP contribution in [0.15, 0.2) is 60.7 Å². The van der Waals surface area contributed by atoms with E-state index in [9.17, 15) is 27.9 Å². The molecule has 2 aliphatic rings. The molecule has 3 unspecified atom stereocenters. The molecule has 2 fully saturated rings. The van der Waals surface area contributed by atoms with Crippen LogP contribution in [0.1, 0.15) is 82.0 Å². The third-order valence-electron chi connectivity index (χ3n) is 10.7. The van der Waals surface area contributed by atoms with Crippen LogP contribution in [0.25, 0.3) is 10.1 Å². The Morgan fingerprint density at radius 1 is 0.941 bits per heavy atom. The second kappa shape index (κ2) is 15.7. The molecule has 10 nitrogen and oxygen atoms in total. The number of nitrogens with one attached hydrogen (secondary N) is 3. The molecule has 1 aliphatic carbocycles. The fraction of sp³-hybridized carbons (Fsp3) is 0.564. The Bertz CT molecular complexity index is 1770. The molecule has 3 amide bonds. The smallest absolute Gasteiger partial charge is 0.262 e. The standard InChI is InChI=1S/C39H54N4O6S2/c1-38(2,3)42-35(45)30-21-26-16-10-11-18-28(26)23-43(30)24-31(44)29(20-25-14-8-7-9-15-25)40-37(47)34(39(4,5)51(6,48)49)41-36(46)33-22-27-17-12-13-19-32(27)50-33/h7-9,12-15,17,19,22,26,28-31,34,44H,10-11,16,18,20-21,23-24H2,1-6H3,(H,40,47)(H,41,46)(H,42,45)/t26-,28+,29?,30?,31?,34+/m0/s1. The molecule has 2 aromatic carbocycles. The highest BCUT2D eigenvalue weighted by molar-refractivity contribution is 7.92. The van der Waals surface area contributed by atoms with Gasteiger partial charge in [0.2, 0.25) is 11.8 Å². The van der Waals surface area contributed by atoms with Crippen LogP contribution in [-0.2, 0) is 25.8 Å². The van der Waals surface area contributed by atoms with Crippen molar-refractivity contribution in [3.63, 3.8) is 0 Å². The summed E-state index contributed by atoms with van der Waals surface area (Å²) in [5.74, 6) is -0.465. The zero-order valence-electron chi connectivity index (χ0n) is 30.6. The molecule has 1 aliphatic heterocycles. The highest BCUT2D eigenvalue weighted by Gasteiger charge is 2.46. The molecule has 4 N–H and O–H groups in total. The average Bonchev–Trinajstić information content (AvgIpc) is 3.50. The predicted octanol–water partition coefficient (Wildman–Crippen LogP) is 4.71. The number of carbonyl (C=O) groups excluding carboxylic acids is 3. The molecule has 278 valence electrons. The Balaban J connectivity index is 1.42. The zero-order chi connectivity index (χ0) is 37.1. The number of sulfone groups is 1. The highest BCUT2D eigenvalue weighted by Crippen LogP contribution is 2.39. The molecule has 6 atom stereocenters. The molecule has 0 spiro atoms. The van der Waals surface area contributed by atoms with Crippen LogP contribution >= 0.6 is 11.3 Å². The van der Waals surface area contributed by atoms with E-state index in [4.69, 9.17) is 0 Å². The van der Waals surface area contributed by atoms with Crippen molar-refractivity contribution in [2.45, 2.75) is 108 Å². The average molecular weight is 739 g/mol. The third-order valence-corrected chi connectivity index (χ3v) is 13.9. The van der Waals surface area contributed by atoms with Gasteiger partial charge >= 0.3 is 0 Å². The molecule has 12 heteroatoms. The van der Waals surface area contributed by atoms with E-state index in [1.165, 1.54) is 25.2 Å². The maximum Gasteiger partial charge on any atom is 0.262 e. The fourth-order valence-electron chi connectivity index (χ4n) is 7.48. The number of nitrogens with zero attached hydrogens (tertiary/aromatic N) is 1. The van der Waals surface area contributed by atoms with E-state index in [2.05, 4.69) is 20.9 Å². The summed E-state index contributed by atoms with van der Waals surface area (Å²) < 4.78 is 25.4. The second-order valence-corrected chi connectivity index (χ2v) is 19.7. The van der Waals surface area contributed by atoms with Crippen molar-refractivity contribution < 1.29 is 27.9 Å². The number of fused-ring (bicyclic) bond motifs is 2. The Morgan fingerprint density at radius 2 is 1.59 bits per heavy atom. The van der Waals surface area contributed by atoms with E-state index >= 15 is 0 Å². The lowest BCUT2D eigenvalue weighted by Crippen LogP contribution is -2.64. The molecule has 1 aromatic heterocycles. The van der Waals surface area contributed by atoms with Crippen LogP contribution in [0.2, 0.25) is 0 Å². The minimum atomic E-state index is -3.87. The molecular formula is C39H54N4O6S2. The molecule has 5 rings (SSSR count). The lowest BCUT2D eigenvalue weighted by molar-refractivity contribution is -0.133. The number of likely N-dealkylation sites (tertiary alicyclic amines) is 1. The number of aliphatic hydroxyl groups is 1. The normalized spacial score (nSPS) is 22.0. The number of amides is 3. The summed E-state index contributed by atoms with van der Waals surface area (Å²) in [6.07, 6.45) is 5.38. The number of thiophene rings is 1. The largest absolute Gasteiger partial charge is 0.390 e. The minimum absolute atomic E-state index is 0.0683. The third kappa shape index (κ3) is 9.57. The number of rotatable bonds is 12. The van der Waals surface area contributed by atoms with Crippen LogP contribution in [-0.4, -0.2) is 90.0 Å².